The monoisotopic (exact) mass is 359 g/mol. The predicted molar refractivity (Wildman–Crippen MR) is 75.1 cm³/mol. The second-order valence-corrected chi connectivity index (χ2v) is 6.59. The highest BCUT2D eigenvalue weighted by molar-refractivity contribution is 9.10. The van der Waals surface area contributed by atoms with Crippen molar-refractivity contribution < 1.29 is 13.3 Å². The molecular formula is C11H10BrN3O4S. The number of benzene rings is 1. The van der Waals surface area contributed by atoms with Crippen molar-refractivity contribution in [3.63, 3.8) is 0 Å². The Hall–Kier alpha value is -1.74. The van der Waals surface area contributed by atoms with Gasteiger partial charge in [0.2, 0.25) is 0 Å². The van der Waals surface area contributed by atoms with E-state index < -0.39 is 20.6 Å². The maximum atomic E-state index is 12.5. The molecule has 20 heavy (non-hydrogen) atoms. The van der Waals surface area contributed by atoms with E-state index in [1.54, 1.807) is 13.8 Å². The highest BCUT2D eigenvalue weighted by Crippen LogP contribution is 2.28. The SMILES string of the molecule is Cc1nn(S(=O)(=O)c2ccccc2[N+](=O)[O-])c(C)c1Br. The first-order valence-electron chi connectivity index (χ1n) is 5.47. The maximum Gasteiger partial charge on any atom is 0.290 e. The molecule has 0 aliphatic carbocycles. The number of nitro benzene ring substituents is 1. The Labute approximate surface area is 123 Å². The molecule has 0 saturated heterocycles. The first kappa shape index (κ1) is 14.7. The summed E-state index contributed by atoms with van der Waals surface area (Å²) in [6, 6.07) is 5.18. The molecule has 2 rings (SSSR count). The van der Waals surface area contributed by atoms with Gasteiger partial charge in [-0.05, 0) is 35.8 Å². The summed E-state index contributed by atoms with van der Waals surface area (Å²) in [7, 11) is -4.11. The van der Waals surface area contributed by atoms with Crippen LogP contribution in [0.2, 0.25) is 0 Å². The Morgan fingerprint density at radius 3 is 2.40 bits per heavy atom. The zero-order valence-electron chi connectivity index (χ0n) is 10.6. The summed E-state index contributed by atoms with van der Waals surface area (Å²) in [4.78, 5) is 9.84. The lowest BCUT2D eigenvalue weighted by atomic mass is 10.3. The molecule has 1 aromatic heterocycles. The highest BCUT2D eigenvalue weighted by atomic mass is 79.9. The molecule has 0 fully saturated rings. The third-order valence-electron chi connectivity index (χ3n) is 2.73. The molecule has 0 aliphatic rings. The zero-order chi connectivity index (χ0) is 15.1. The maximum absolute atomic E-state index is 12.5. The smallest absolute Gasteiger partial charge is 0.258 e. The molecule has 7 nitrogen and oxygen atoms in total. The van der Waals surface area contributed by atoms with Crippen LogP contribution < -0.4 is 0 Å². The van der Waals surface area contributed by atoms with Crippen LogP contribution in [0.1, 0.15) is 11.4 Å². The van der Waals surface area contributed by atoms with E-state index >= 15 is 0 Å². The number of nitro groups is 1. The van der Waals surface area contributed by atoms with Crippen LogP contribution >= 0.6 is 15.9 Å². The van der Waals surface area contributed by atoms with Crippen LogP contribution in [0.15, 0.2) is 33.6 Å². The molecule has 106 valence electrons. The van der Waals surface area contributed by atoms with Crippen molar-refractivity contribution in [3.05, 3.63) is 50.2 Å². The van der Waals surface area contributed by atoms with Gasteiger partial charge in [0.05, 0.1) is 20.8 Å². The van der Waals surface area contributed by atoms with Gasteiger partial charge in [-0.25, -0.2) is 0 Å². The third-order valence-corrected chi connectivity index (χ3v) is 5.59. The number of hydrogen-bond donors (Lipinski definition) is 0. The van der Waals surface area contributed by atoms with Crippen LogP contribution in [-0.4, -0.2) is 22.5 Å². The minimum atomic E-state index is -4.11. The van der Waals surface area contributed by atoms with Crippen LogP contribution in [0.4, 0.5) is 5.69 Å². The third kappa shape index (κ3) is 2.22. The summed E-state index contributed by atoms with van der Waals surface area (Å²) < 4.78 is 26.4. The summed E-state index contributed by atoms with van der Waals surface area (Å²) in [5.41, 5.74) is 0.376. The molecule has 0 N–H and O–H groups in total. The number of aryl methyl sites for hydroxylation is 1. The molecule has 0 unspecified atom stereocenters. The number of halogens is 1. The van der Waals surface area contributed by atoms with Crippen molar-refractivity contribution in [2.45, 2.75) is 18.7 Å². The zero-order valence-corrected chi connectivity index (χ0v) is 13.0. The molecular weight excluding hydrogens is 350 g/mol. The minimum Gasteiger partial charge on any atom is -0.258 e. The topological polar surface area (TPSA) is 95.1 Å². The average Bonchev–Trinajstić information content (AvgIpc) is 2.67. The molecule has 0 radical (unpaired) electrons. The summed E-state index contributed by atoms with van der Waals surface area (Å²) >= 11 is 3.23. The van der Waals surface area contributed by atoms with Gasteiger partial charge in [0.1, 0.15) is 0 Å². The second-order valence-electron chi connectivity index (χ2n) is 4.06. The standard InChI is InChI=1S/C11H10BrN3O4S/c1-7-11(12)8(2)14(13-7)20(18,19)10-6-4-3-5-9(10)15(16)17/h3-6H,1-2H3. The van der Waals surface area contributed by atoms with Gasteiger partial charge in [0.25, 0.3) is 15.7 Å². The Kier molecular flexibility index (Phi) is 3.65. The van der Waals surface area contributed by atoms with Crippen molar-refractivity contribution in [3.8, 4) is 0 Å². The number of nitrogens with zero attached hydrogens (tertiary/aromatic N) is 3. The molecule has 0 aliphatic heterocycles. The van der Waals surface area contributed by atoms with Gasteiger partial charge in [0, 0.05) is 6.07 Å². The summed E-state index contributed by atoms with van der Waals surface area (Å²) in [5, 5.41) is 14.9. The molecule has 2 aromatic rings. The Morgan fingerprint density at radius 1 is 1.30 bits per heavy atom. The fourth-order valence-electron chi connectivity index (χ4n) is 1.75. The van der Waals surface area contributed by atoms with E-state index in [2.05, 4.69) is 21.0 Å². The molecule has 0 atom stereocenters. The van der Waals surface area contributed by atoms with Crippen molar-refractivity contribution in [2.24, 2.45) is 0 Å². The first-order valence-corrected chi connectivity index (χ1v) is 7.71. The van der Waals surface area contributed by atoms with Gasteiger partial charge in [-0.1, -0.05) is 12.1 Å². The molecule has 0 spiro atoms. The molecule has 0 bridgehead atoms. The van der Waals surface area contributed by atoms with Crippen LogP contribution in [0.3, 0.4) is 0 Å². The average molecular weight is 360 g/mol. The van der Waals surface area contributed by atoms with E-state index in [0.29, 0.717) is 15.9 Å². The summed E-state index contributed by atoms with van der Waals surface area (Å²) in [6.07, 6.45) is 0. The molecule has 1 aromatic carbocycles. The number of para-hydroxylation sites is 1. The van der Waals surface area contributed by atoms with E-state index in [1.165, 1.54) is 18.2 Å². The van der Waals surface area contributed by atoms with E-state index in [4.69, 9.17) is 0 Å². The van der Waals surface area contributed by atoms with Gasteiger partial charge in [0.15, 0.2) is 4.90 Å². The van der Waals surface area contributed by atoms with Crippen LogP contribution in [0.5, 0.6) is 0 Å². The fourth-order valence-corrected chi connectivity index (χ4v) is 3.64. The Balaban J connectivity index is 2.74. The summed E-state index contributed by atoms with van der Waals surface area (Å²) in [5.74, 6) is 0. The highest BCUT2D eigenvalue weighted by Gasteiger charge is 2.29. The van der Waals surface area contributed by atoms with Crippen molar-refractivity contribution >= 4 is 31.6 Å². The van der Waals surface area contributed by atoms with Crippen molar-refractivity contribution in [1.29, 1.82) is 0 Å². The molecule has 9 heteroatoms. The molecule has 0 saturated carbocycles. The van der Waals surface area contributed by atoms with Gasteiger partial charge in [-0.15, -0.1) is 0 Å². The lowest BCUT2D eigenvalue weighted by molar-refractivity contribution is -0.387. The van der Waals surface area contributed by atoms with Crippen molar-refractivity contribution in [2.75, 3.05) is 0 Å². The van der Waals surface area contributed by atoms with Gasteiger partial charge < -0.3 is 0 Å². The van der Waals surface area contributed by atoms with E-state index in [0.717, 1.165) is 10.2 Å². The van der Waals surface area contributed by atoms with Crippen molar-refractivity contribution in [1.82, 2.24) is 9.19 Å². The fraction of sp³-hybridized carbons (Fsp3) is 0.182. The van der Waals surface area contributed by atoms with Gasteiger partial charge in [-0.3, -0.25) is 10.1 Å². The van der Waals surface area contributed by atoms with Crippen LogP contribution in [0, 0.1) is 24.0 Å². The number of rotatable bonds is 3. The Morgan fingerprint density at radius 2 is 1.90 bits per heavy atom. The lowest BCUT2D eigenvalue weighted by Gasteiger charge is -2.06. The van der Waals surface area contributed by atoms with E-state index in [-0.39, 0.29) is 4.90 Å². The minimum absolute atomic E-state index is 0.362. The van der Waals surface area contributed by atoms with E-state index in [9.17, 15) is 18.5 Å². The second kappa shape index (κ2) is 4.98. The largest absolute Gasteiger partial charge is 0.290 e. The van der Waals surface area contributed by atoms with Gasteiger partial charge in [-0.2, -0.15) is 17.6 Å². The lowest BCUT2D eigenvalue weighted by Crippen LogP contribution is -2.17. The first-order chi connectivity index (χ1) is 9.26. The van der Waals surface area contributed by atoms with E-state index in [1.807, 2.05) is 0 Å². The normalized spacial score (nSPS) is 11.6. The molecule has 0 amide bonds. The predicted octanol–water partition coefficient (Wildman–Crippen LogP) is 2.41. The Bertz CT molecular complexity index is 798. The van der Waals surface area contributed by atoms with Crippen LogP contribution in [-0.2, 0) is 10.0 Å². The number of aromatic nitrogens is 2. The van der Waals surface area contributed by atoms with Gasteiger partial charge >= 0.3 is 0 Å². The molecule has 1 heterocycles. The number of hydrogen-bond acceptors (Lipinski definition) is 5. The quantitative estimate of drug-likeness (QED) is 0.619. The summed E-state index contributed by atoms with van der Waals surface area (Å²) in [6.45, 7) is 3.21. The van der Waals surface area contributed by atoms with Crippen LogP contribution in [0.25, 0.3) is 0 Å².